The van der Waals surface area contributed by atoms with Gasteiger partial charge >= 0.3 is 0 Å². The summed E-state index contributed by atoms with van der Waals surface area (Å²) in [6, 6.07) is 9.20. The molecule has 2 aliphatic carbocycles. The SMILES string of the molecule is CCC(C)CCCCC1CCC([C@H](C)C(N[C@@H](O)CC2CCc3ccccc32)C(C)C)CC1(C)C.O. The van der Waals surface area contributed by atoms with Gasteiger partial charge in [-0.15, -0.1) is 0 Å². The summed E-state index contributed by atoms with van der Waals surface area (Å²) in [6.45, 7) is 16.9. The summed E-state index contributed by atoms with van der Waals surface area (Å²) in [5.41, 5.74) is 3.38. The van der Waals surface area contributed by atoms with Crippen molar-refractivity contribution in [3.8, 4) is 0 Å². The molecule has 1 fully saturated rings. The number of aryl methyl sites for hydroxylation is 1. The van der Waals surface area contributed by atoms with Gasteiger partial charge in [0, 0.05) is 6.04 Å². The van der Waals surface area contributed by atoms with Crippen molar-refractivity contribution in [1.29, 1.82) is 0 Å². The maximum Gasteiger partial charge on any atom is 0.105 e. The van der Waals surface area contributed by atoms with E-state index in [0.717, 1.165) is 30.6 Å². The predicted molar refractivity (Wildman–Crippen MR) is 155 cm³/mol. The Morgan fingerprint density at radius 1 is 1.03 bits per heavy atom. The second-order valence-corrected chi connectivity index (χ2v) is 13.5. The van der Waals surface area contributed by atoms with Gasteiger partial charge in [0.25, 0.3) is 0 Å². The van der Waals surface area contributed by atoms with Crippen LogP contribution in [0.5, 0.6) is 0 Å². The number of aliphatic hydroxyl groups is 1. The number of hydrogen-bond donors (Lipinski definition) is 2. The molecule has 7 atom stereocenters. The van der Waals surface area contributed by atoms with Crippen molar-refractivity contribution in [3.63, 3.8) is 0 Å². The van der Waals surface area contributed by atoms with Crippen LogP contribution < -0.4 is 5.32 Å². The molecule has 1 aromatic rings. The van der Waals surface area contributed by atoms with Crippen molar-refractivity contribution in [3.05, 3.63) is 35.4 Å². The first-order valence-electron chi connectivity index (χ1n) is 15.1. The molecule has 2 aliphatic rings. The highest BCUT2D eigenvalue weighted by atomic mass is 16.3. The molecule has 0 aliphatic heterocycles. The third kappa shape index (κ3) is 8.30. The second-order valence-electron chi connectivity index (χ2n) is 13.5. The van der Waals surface area contributed by atoms with E-state index >= 15 is 0 Å². The fraction of sp³-hybridized carbons (Fsp3) is 0.818. The number of nitrogens with one attached hydrogen (secondary N) is 1. The van der Waals surface area contributed by atoms with Crippen LogP contribution in [0.2, 0.25) is 0 Å². The molecular formula is C33H59NO2. The van der Waals surface area contributed by atoms with Gasteiger partial charge in [-0.3, -0.25) is 5.32 Å². The molecule has 3 nitrogen and oxygen atoms in total. The fourth-order valence-electron chi connectivity index (χ4n) is 7.52. The molecule has 0 saturated heterocycles. The lowest BCUT2D eigenvalue weighted by Crippen LogP contribution is -2.49. The Labute approximate surface area is 223 Å². The van der Waals surface area contributed by atoms with Crippen LogP contribution in [0.25, 0.3) is 0 Å². The molecule has 0 spiro atoms. The average molecular weight is 502 g/mol. The van der Waals surface area contributed by atoms with E-state index in [1.165, 1.54) is 68.9 Å². The molecule has 1 aromatic carbocycles. The van der Waals surface area contributed by atoms with Crippen LogP contribution in [-0.4, -0.2) is 22.9 Å². The molecule has 4 N–H and O–H groups in total. The molecule has 5 unspecified atom stereocenters. The molecular weight excluding hydrogens is 442 g/mol. The molecule has 3 rings (SSSR count). The zero-order valence-electron chi connectivity index (χ0n) is 24.7. The standard InChI is InChI=1S/C33H57NO.H2O/c1-8-24(4)13-9-11-15-29-20-19-28(22-33(29,6)7)25(5)32(23(2)3)34-31(35)21-27-18-17-26-14-10-12-16-30(26)27;/h10,12,14,16,23-25,27-29,31-32,34-35H,8-9,11,13,15,17-22H2,1-7H3;1H2/t24?,25-,27?,28?,29?,31-,32?;/m0./s1. The summed E-state index contributed by atoms with van der Waals surface area (Å²) in [7, 11) is 0. The van der Waals surface area contributed by atoms with Crippen molar-refractivity contribution in [2.75, 3.05) is 0 Å². The van der Waals surface area contributed by atoms with E-state index in [9.17, 15) is 5.11 Å². The highest BCUT2D eigenvalue weighted by Crippen LogP contribution is 2.48. The second kappa shape index (κ2) is 14.3. The Morgan fingerprint density at radius 2 is 1.75 bits per heavy atom. The monoisotopic (exact) mass is 501 g/mol. The summed E-state index contributed by atoms with van der Waals surface area (Å²) >= 11 is 0. The van der Waals surface area contributed by atoms with Gasteiger partial charge in [-0.05, 0) is 97.0 Å². The maximum absolute atomic E-state index is 11.1. The Balaban J connectivity index is 0.00000456. The Hall–Kier alpha value is -0.900. The molecule has 3 heteroatoms. The van der Waals surface area contributed by atoms with Crippen molar-refractivity contribution in [2.24, 2.45) is 35.0 Å². The van der Waals surface area contributed by atoms with Gasteiger partial charge < -0.3 is 10.6 Å². The van der Waals surface area contributed by atoms with Gasteiger partial charge in [0.05, 0.1) is 0 Å². The van der Waals surface area contributed by atoms with Gasteiger partial charge in [-0.25, -0.2) is 0 Å². The van der Waals surface area contributed by atoms with E-state index in [4.69, 9.17) is 0 Å². The first-order chi connectivity index (χ1) is 16.6. The quantitative estimate of drug-likeness (QED) is 0.213. The largest absolute Gasteiger partial charge is 0.412 e. The van der Waals surface area contributed by atoms with Gasteiger partial charge in [0.15, 0.2) is 0 Å². The number of hydrogen-bond acceptors (Lipinski definition) is 2. The Morgan fingerprint density at radius 3 is 2.42 bits per heavy atom. The van der Waals surface area contributed by atoms with Crippen LogP contribution in [-0.2, 0) is 6.42 Å². The van der Waals surface area contributed by atoms with E-state index in [0.29, 0.717) is 29.2 Å². The number of benzene rings is 1. The first-order valence-corrected chi connectivity index (χ1v) is 15.1. The molecule has 0 aromatic heterocycles. The third-order valence-electron chi connectivity index (χ3n) is 10.2. The lowest BCUT2D eigenvalue weighted by Gasteiger charge is -2.47. The summed E-state index contributed by atoms with van der Waals surface area (Å²) < 4.78 is 0. The van der Waals surface area contributed by atoms with Crippen LogP contribution in [0.3, 0.4) is 0 Å². The smallest absolute Gasteiger partial charge is 0.105 e. The van der Waals surface area contributed by atoms with Crippen LogP contribution in [0.4, 0.5) is 0 Å². The maximum atomic E-state index is 11.1. The summed E-state index contributed by atoms with van der Waals surface area (Å²) in [4.78, 5) is 0. The molecule has 1 saturated carbocycles. The van der Waals surface area contributed by atoms with Gasteiger partial charge in [0.1, 0.15) is 6.23 Å². The highest BCUT2D eigenvalue weighted by Gasteiger charge is 2.40. The molecule has 208 valence electrons. The minimum absolute atomic E-state index is 0. The van der Waals surface area contributed by atoms with Gasteiger partial charge in [-0.1, -0.05) is 98.4 Å². The van der Waals surface area contributed by atoms with Crippen LogP contribution in [0.1, 0.15) is 130 Å². The minimum Gasteiger partial charge on any atom is -0.412 e. The van der Waals surface area contributed by atoms with E-state index < -0.39 is 6.23 Å². The van der Waals surface area contributed by atoms with Gasteiger partial charge in [-0.2, -0.15) is 0 Å². The number of unbranched alkanes of at least 4 members (excludes halogenated alkanes) is 1. The lowest BCUT2D eigenvalue weighted by molar-refractivity contribution is 0.0286. The number of aliphatic hydroxyl groups excluding tert-OH is 1. The van der Waals surface area contributed by atoms with Crippen LogP contribution in [0, 0.1) is 35.0 Å². The highest BCUT2D eigenvalue weighted by molar-refractivity contribution is 5.34. The molecule has 0 heterocycles. The fourth-order valence-corrected chi connectivity index (χ4v) is 7.52. The Kier molecular flexibility index (Phi) is 12.4. The zero-order valence-corrected chi connectivity index (χ0v) is 24.7. The predicted octanol–water partition coefficient (Wildman–Crippen LogP) is 7.90. The summed E-state index contributed by atoms with van der Waals surface area (Å²) in [6.07, 6.45) is 13.8. The molecule has 0 radical (unpaired) electrons. The van der Waals surface area contributed by atoms with Crippen molar-refractivity contribution >= 4 is 0 Å². The summed E-state index contributed by atoms with van der Waals surface area (Å²) in [5, 5.41) is 14.8. The van der Waals surface area contributed by atoms with E-state index in [-0.39, 0.29) is 5.48 Å². The lowest BCUT2D eigenvalue weighted by atomic mass is 9.60. The van der Waals surface area contributed by atoms with E-state index in [1.807, 2.05) is 0 Å². The van der Waals surface area contributed by atoms with Gasteiger partial charge in [0.2, 0.25) is 0 Å². The molecule has 0 amide bonds. The Bertz CT molecular complexity index is 760. The molecule has 0 bridgehead atoms. The average Bonchev–Trinajstić information content (AvgIpc) is 3.22. The summed E-state index contributed by atoms with van der Waals surface area (Å²) in [5.74, 6) is 4.12. The normalized spacial score (nSPS) is 26.6. The van der Waals surface area contributed by atoms with Crippen molar-refractivity contribution < 1.29 is 10.6 Å². The van der Waals surface area contributed by atoms with Crippen molar-refractivity contribution in [1.82, 2.24) is 5.32 Å². The number of fused-ring (bicyclic) bond motifs is 1. The zero-order chi connectivity index (χ0) is 25.6. The number of rotatable bonds is 13. The van der Waals surface area contributed by atoms with Crippen LogP contribution >= 0.6 is 0 Å². The molecule has 36 heavy (non-hydrogen) atoms. The topological polar surface area (TPSA) is 63.8 Å². The third-order valence-corrected chi connectivity index (χ3v) is 10.2. The minimum atomic E-state index is -0.420. The van der Waals surface area contributed by atoms with Crippen LogP contribution in [0.15, 0.2) is 24.3 Å². The first kappa shape index (κ1) is 31.3. The van der Waals surface area contributed by atoms with E-state index in [1.54, 1.807) is 0 Å². The van der Waals surface area contributed by atoms with E-state index in [2.05, 4.69) is 78.0 Å². The van der Waals surface area contributed by atoms with Crippen molar-refractivity contribution in [2.45, 2.75) is 137 Å².